The topological polar surface area (TPSA) is 40.5 Å². The van der Waals surface area contributed by atoms with Crippen LogP contribution < -0.4 is 4.74 Å². The molecule has 0 aliphatic rings. The number of carbonyl (C=O) groups excluding carboxylic acids is 1. The van der Waals surface area contributed by atoms with Crippen LogP contribution in [-0.4, -0.2) is 23.4 Å². The summed E-state index contributed by atoms with van der Waals surface area (Å²) in [4.78, 5) is 12.3. The number of methoxy groups -OCH3 is 1. The summed E-state index contributed by atoms with van der Waals surface area (Å²) < 4.78 is 12.2. The molecule has 2 aromatic rings. The Hall–Kier alpha value is -1.97. The van der Waals surface area contributed by atoms with E-state index in [0.29, 0.717) is 0 Å². The van der Waals surface area contributed by atoms with Crippen LogP contribution in [0.15, 0.2) is 24.3 Å². The minimum absolute atomic E-state index is 0.367. The Morgan fingerprint density at radius 3 is 2.47 bits per heavy atom. The van der Waals surface area contributed by atoms with Crippen LogP contribution >= 0.6 is 0 Å². The standard InChI is InChI=1S/C15H19NO3/c1-10-8-11-6-7-12(18-5)9-13(11)16(10)14(17)19-15(2,3)4/h6-9H,1-5H3. The highest BCUT2D eigenvalue weighted by Gasteiger charge is 2.20. The molecule has 0 saturated heterocycles. The van der Waals surface area contributed by atoms with Gasteiger partial charge < -0.3 is 9.47 Å². The second-order valence-corrected chi connectivity index (χ2v) is 5.53. The molecule has 0 saturated carbocycles. The highest BCUT2D eigenvalue weighted by Crippen LogP contribution is 2.25. The van der Waals surface area contributed by atoms with Gasteiger partial charge in [-0.05, 0) is 45.9 Å². The van der Waals surface area contributed by atoms with Crippen molar-refractivity contribution in [3.63, 3.8) is 0 Å². The van der Waals surface area contributed by atoms with E-state index in [-0.39, 0.29) is 6.09 Å². The monoisotopic (exact) mass is 261 g/mol. The summed E-state index contributed by atoms with van der Waals surface area (Å²) in [5.41, 5.74) is 1.13. The fourth-order valence-corrected chi connectivity index (χ4v) is 2.00. The van der Waals surface area contributed by atoms with Crippen molar-refractivity contribution >= 4 is 17.0 Å². The quantitative estimate of drug-likeness (QED) is 0.785. The third kappa shape index (κ3) is 2.72. The van der Waals surface area contributed by atoms with Crippen molar-refractivity contribution in [1.29, 1.82) is 0 Å². The van der Waals surface area contributed by atoms with E-state index < -0.39 is 5.60 Å². The Morgan fingerprint density at radius 2 is 1.89 bits per heavy atom. The fourth-order valence-electron chi connectivity index (χ4n) is 2.00. The lowest BCUT2D eigenvalue weighted by Crippen LogP contribution is -2.27. The summed E-state index contributed by atoms with van der Waals surface area (Å²) in [7, 11) is 1.61. The SMILES string of the molecule is COc1ccc2cc(C)n(C(=O)OC(C)(C)C)c2c1. The minimum atomic E-state index is -0.515. The van der Waals surface area contributed by atoms with Crippen molar-refractivity contribution in [3.05, 3.63) is 30.0 Å². The maximum atomic E-state index is 12.3. The smallest absolute Gasteiger partial charge is 0.419 e. The van der Waals surface area contributed by atoms with E-state index in [1.165, 1.54) is 0 Å². The average molecular weight is 261 g/mol. The molecule has 102 valence electrons. The second kappa shape index (κ2) is 4.61. The van der Waals surface area contributed by atoms with Crippen LogP contribution in [0.5, 0.6) is 5.75 Å². The number of fused-ring (bicyclic) bond motifs is 1. The fraction of sp³-hybridized carbons (Fsp3) is 0.400. The van der Waals surface area contributed by atoms with Crippen molar-refractivity contribution < 1.29 is 14.3 Å². The molecule has 0 fully saturated rings. The molecule has 0 aliphatic heterocycles. The van der Waals surface area contributed by atoms with E-state index in [2.05, 4.69) is 0 Å². The average Bonchev–Trinajstić information content (AvgIpc) is 2.61. The molecule has 0 N–H and O–H groups in total. The van der Waals surface area contributed by atoms with Crippen molar-refractivity contribution in [1.82, 2.24) is 4.57 Å². The number of ether oxygens (including phenoxy) is 2. The number of rotatable bonds is 1. The Bertz CT molecular complexity index is 620. The number of hydrogen-bond acceptors (Lipinski definition) is 3. The van der Waals surface area contributed by atoms with Gasteiger partial charge in [-0.2, -0.15) is 0 Å². The van der Waals surface area contributed by atoms with E-state index in [0.717, 1.165) is 22.3 Å². The summed E-state index contributed by atoms with van der Waals surface area (Å²) in [5, 5.41) is 0.990. The van der Waals surface area contributed by atoms with Crippen LogP contribution in [0, 0.1) is 6.92 Å². The van der Waals surface area contributed by atoms with Crippen molar-refractivity contribution in [2.24, 2.45) is 0 Å². The summed E-state index contributed by atoms with van der Waals surface area (Å²) in [6.07, 6.45) is -0.367. The largest absolute Gasteiger partial charge is 0.497 e. The van der Waals surface area contributed by atoms with Crippen LogP contribution in [-0.2, 0) is 4.74 Å². The highest BCUT2D eigenvalue weighted by atomic mass is 16.6. The molecule has 19 heavy (non-hydrogen) atoms. The Kier molecular flexibility index (Phi) is 3.27. The lowest BCUT2D eigenvalue weighted by atomic mass is 10.2. The van der Waals surface area contributed by atoms with Gasteiger partial charge in [-0.3, -0.25) is 0 Å². The van der Waals surface area contributed by atoms with Crippen molar-refractivity contribution in [2.75, 3.05) is 7.11 Å². The van der Waals surface area contributed by atoms with Crippen LogP contribution in [0.25, 0.3) is 10.9 Å². The molecule has 0 amide bonds. The van der Waals surface area contributed by atoms with E-state index >= 15 is 0 Å². The van der Waals surface area contributed by atoms with Gasteiger partial charge in [-0.15, -0.1) is 0 Å². The van der Waals surface area contributed by atoms with E-state index in [1.54, 1.807) is 11.7 Å². The number of carbonyl (C=O) groups is 1. The lowest BCUT2D eigenvalue weighted by molar-refractivity contribution is 0.0542. The maximum Gasteiger partial charge on any atom is 0.419 e. The molecule has 0 aliphatic carbocycles. The van der Waals surface area contributed by atoms with E-state index in [4.69, 9.17) is 9.47 Å². The molecule has 2 rings (SSSR count). The van der Waals surface area contributed by atoms with Crippen molar-refractivity contribution in [3.8, 4) is 5.75 Å². The minimum Gasteiger partial charge on any atom is -0.497 e. The van der Waals surface area contributed by atoms with Gasteiger partial charge in [0.05, 0.1) is 12.6 Å². The molecule has 0 spiro atoms. The first-order valence-electron chi connectivity index (χ1n) is 6.21. The number of nitrogens with zero attached hydrogens (tertiary/aromatic N) is 1. The number of benzene rings is 1. The highest BCUT2D eigenvalue weighted by molar-refractivity contribution is 5.91. The Labute approximate surface area is 112 Å². The number of aryl methyl sites for hydroxylation is 1. The lowest BCUT2D eigenvalue weighted by Gasteiger charge is -2.20. The summed E-state index contributed by atoms with van der Waals surface area (Å²) >= 11 is 0. The van der Waals surface area contributed by atoms with E-state index in [1.807, 2.05) is 52.0 Å². The molecule has 1 heterocycles. The molecule has 0 radical (unpaired) electrons. The van der Waals surface area contributed by atoms with Gasteiger partial charge in [0.25, 0.3) is 0 Å². The zero-order chi connectivity index (χ0) is 14.2. The van der Waals surface area contributed by atoms with Gasteiger partial charge in [0.15, 0.2) is 0 Å². The molecule has 1 aromatic heterocycles. The zero-order valence-corrected chi connectivity index (χ0v) is 12.0. The van der Waals surface area contributed by atoms with Gasteiger partial charge in [-0.25, -0.2) is 9.36 Å². The van der Waals surface area contributed by atoms with Crippen LogP contribution in [0.4, 0.5) is 4.79 Å². The van der Waals surface area contributed by atoms with Gasteiger partial charge in [-0.1, -0.05) is 0 Å². The Morgan fingerprint density at radius 1 is 1.21 bits per heavy atom. The maximum absolute atomic E-state index is 12.3. The molecule has 0 bridgehead atoms. The third-order valence-electron chi connectivity index (χ3n) is 2.77. The first-order valence-corrected chi connectivity index (χ1v) is 6.21. The molecular formula is C15H19NO3. The van der Waals surface area contributed by atoms with Gasteiger partial charge in [0.2, 0.25) is 0 Å². The molecule has 4 heteroatoms. The third-order valence-corrected chi connectivity index (χ3v) is 2.77. The van der Waals surface area contributed by atoms with Crippen LogP contribution in [0.2, 0.25) is 0 Å². The molecular weight excluding hydrogens is 242 g/mol. The van der Waals surface area contributed by atoms with Crippen LogP contribution in [0.3, 0.4) is 0 Å². The van der Waals surface area contributed by atoms with Gasteiger partial charge in [0.1, 0.15) is 11.4 Å². The first kappa shape index (κ1) is 13.5. The normalized spacial score (nSPS) is 11.6. The molecule has 0 unspecified atom stereocenters. The molecule has 0 atom stereocenters. The van der Waals surface area contributed by atoms with Gasteiger partial charge >= 0.3 is 6.09 Å². The zero-order valence-electron chi connectivity index (χ0n) is 12.0. The number of aromatic nitrogens is 1. The summed E-state index contributed by atoms with van der Waals surface area (Å²) in [5.74, 6) is 0.718. The van der Waals surface area contributed by atoms with Gasteiger partial charge in [0, 0.05) is 17.1 Å². The predicted molar refractivity (Wildman–Crippen MR) is 74.9 cm³/mol. The first-order chi connectivity index (χ1) is 8.81. The predicted octanol–water partition coefficient (Wildman–Crippen LogP) is 3.74. The Balaban J connectivity index is 2.52. The van der Waals surface area contributed by atoms with Crippen molar-refractivity contribution in [2.45, 2.75) is 33.3 Å². The van der Waals surface area contributed by atoms with Crippen LogP contribution in [0.1, 0.15) is 26.5 Å². The second-order valence-electron chi connectivity index (χ2n) is 5.53. The number of hydrogen-bond donors (Lipinski definition) is 0. The summed E-state index contributed by atoms with van der Waals surface area (Å²) in [6.45, 7) is 7.45. The molecule has 4 nitrogen and oxygen atoms in total. The summed E-state index contributed by atoms with van der Waals surface area (Å²) in [6, 6.07) is 7.61. The van der Waals surface area contributed by atoms with E-state index in [9.17, 15) is 4.79 Å². The molecule has 1 aromatic carbocycles.